The van der Waals surface area contributed by atoms with Crippen molar-refractivity contribution in [1.82, 2.24) is 14.7 Å². The maximum absolute atomic E-state index is 12.7. The number of nitrogens with zero attached hydrogens (tertiary/aromatic N) is 3. The van der Waals surface area contributed by atoms with Crippen LogP contribution >= 0.6 is 0 Å². The Morgan fingerprint density at radius 3 is 2.36 bits per heavy atom. The molecule has 0 N–H and O–H groups in total. The highest BCUT2D eigenvalue weighted by Crippen LogP contribution is 2.32. The molecule has 1 saturated carbocycles. The van der Waals surface area contributed by atoms with Crippen molar-refractivity contribution in [2.24, 2.45) is 11.8 Å². The summed E-state index contributed by atoms with van der Waals surface area (Å²) in [6.45, 7) is 6.89. The van der Waals surface area contributed by atoms with Crippen LogP contribution in [-0.2, 0) is 9.59 Å². The molecule has 0 spiro atoms. The van der Waals surface area contributed by atoms with Gasteiger partial charge in [-0.3, -0.25) is 14.5 Å². The molecule has 1 atom stereocenters. The van der Waals surface area contributed by atoms with Gasteiger partial charge in [0.25, 0.3) is 0 Å². The molecule has 2 amide bonds. The largest absolute Gasteiger partial charge is 0.345 e. The van der Waals surface area contributed by atoms with E-state index in [0.29, 0.717) is 23.8 Å². The molecule has 3 fully saturated rings. The Bertz CT molecular complexity index is 470. The summed E-state index contributed by atoms with van der Waals surface area (Å²) >= 11 is 0. The lowest BCUT2D eigenvalue weighted by Crippen LogP contribution is -2.51. The van der Waals surface area contributed by atoms with Gasteiger partial charge in [0.1, 0.15) is 0 Å². The van der Waals surface area contributed by atoms with E-state index in [9.17, 15) is 9.59 Å². The van der Waals surface area contributed by atoms with E-state index in [2.05, 4.69) is 16.7 Å². The monoisotopic (exact) mass is 349 g/mol. The van der Waals surface area contributed by atoms with Crippen LogP contribution in [-0.4, -0.2) is 72.3 Å². The van der Waals surface area contributed by atoms with Crippen molar-refractivity contribution in [3.8, 4) is 0 Å². The van der Waals surface area contributed by atoms with E-state index in [4.69, 9.17) is 0 Å². The maximum atomic E-state index is 12.7. The van der Waals surface area contributed by atoms with Gasteiger partial charge in [-0.1, -0.05) is 13.3 Å². The fourth-order valence-corrected chi connectivity index (χ4v) is 4.40. The molecule has 0 aromatic carbocycles. The average molecular weight is 350 g/mol. The predicted octanol–water partition coefficient (Wildman–Crippen LogP) is 2.36. The first-order valence-electron chi connectivity index (χ1n) is 10.4. The number of piperidine rings is 2. The molecule has 0 aromatic heterocycles. The second kappa shape index (κ2) is 8.52. The van der Waals surface area contributed by atoms with Crippen molar-refractivity contribution in [3.05, 3.63) is 0 Å². The lowest BCUT2D eigenvalue weighted by molar-refractivity contribution is -0.136. The molecular weight excluding hydrogens is 314 g/mol. The zero-order valence-corrected chi connectivity index (χ0v) is 16.1. The Balaban J connectivity index is 1.46. The van der Waals surface area contributed by atoms with Crippen LogP contribution < -0.4 is 0 Å². The third-order valence-electron chi connectivity index (χ3n) is 6.24. The Labute approximate surface area is 152 Å². The van der Waals surface area contributed by atoms with Gasteiger partial charge in [-0.15, -0.1) is 0 Å². The van der Waals surface area contributed by atoms with E-state index in [1.54, 1.807) is 0 Å². The molecule has 3 rings (SSSR count). The summed E-state index contributed by atoms with van der Waals surface area (Å²) in [7, 11) is 1.96. The Kier molecular flexibility index (Phi) is 6.37. The highest BCUT2D eigenvalue weighted by Gasteiger charge is 2.37. The molecule has 5 heteroatoms. The van der Waals surface area contributed by atoms with Crippen LogP contribution in [0.3, 0.4) is 0 Å². The summed E-state index contributed by atoms with van der Waals surface area (Å²) in [5, 5.41) is 0. The van der Waals surface area contributed by atoms with Crippen molar-refractivity contribution in [2.45, 2.75) is 64.3 Å². The van der Waals surface area contributed by atoms with E-state index in [0.717, 1.165) is 84.1 Å². The molecule has 0 unspecified atom stereocenters. The molecular formula is C20H35N3O2. The molecule has 0 radical (unpaired) electrons. The average Bonchev–Trinajstić information content (AvgIpc) is 3.50. The summed E-state index contributed by atoms with van der Waals surface area (Å²) in [5.74, 6) is 1.23. The number of rotatable bonds is 6. The molecule has 0 bridgehead atoms. The summed E-state index contributed by atoms with van der Waals surface area (Å²) in [6.07, 6.45) is 8.72. The topological polar surface area (TPSA) is 43.9 Å². The van der Waals surface area contributed by atoms with Gasteiger partial charge in [-0.2, -0.15) is 0 Å². The number of carbonyl (C=O) groups excluding carboxylic acids is 2. The molecule has 2 aliphatic heterocycles. The zero-order valence-electron chi connectivity index (χ0n) is 16.1. The molecule has 3 aliphatic rings. The van der Waals surface area contributed by atoms with Crippen LogP contribution in [0.5, 0.6) is 0 Å². The Morgan fingerprint density at radius 1 is 1.00 bits per heavy atom. The van der Waals surface area contributed by atoms with Gasteiger partial charge < -0.3 is 9.80 Å². The number of unbranched alkanes of at least 4 members (excludes halogenated alkanes) is 1. The third-order valence-corrected chi connectivity index (χ3v) is 6.24. The van der Waals surface area contributed by atoms with E-state index in [1.807, 2.05) is 11.9 Å². The van der Waals surface area contributed by atoms with Gasteiger partial charge in [0.2, 0.25) is 11.8 Å². The van der Waals surface area contributed by atoms with Gasteiger partial charge in [-0.05, 0) is 51.5 Å². The predicted molar refractivity (Wildman–Crippen MR) is 99.2 cm³/mol. The standard InChI is InChI=1S/C20H35N3O2/c1-3-4-11-21(2)19(24)17-6-5-12-23(15-17)18-9-13-22(14-10-18)20(25)16-7-8-16/h16-18H,3-15H2,1-2H3/t17-/m0/s1. The van der Waals surface area contributed by atoms with E-state index in [-0.39, 0.29) is 5.92 Å². The number of carbonyl (C=O) groups is 2. The minimum atomic E-state index is 0.168. The quantitative estimate of drug-likeness (QED) is 0.739. The Morgan fingerprint density at radius 2 is 1.72 bits per heavy atom. The first-order chi connectivity index (χ1) is 12.1. The molecule has 2 saturated heterocycles. The van der Waals surface area contributed by atoms with Gasteiger partial charge >= 0.3 is 0 Å². The Hall–Kier alpha value is -1.10. The second-order valence-electron chi connectivity index (χ2n) is 8.28. The molecule has 142 valence electrons. The van der Waals surface area contributed by atoms with Crippen molar-refractivity contribution >= 4 is 11.8 Å². The fourth-order valence-electron chi connectivity index (χ4n) is 4.40. The summed E-state index contributed by atoms with van der Waals surface area (Å²) < 4.78 is 0. The van der Waals surface area contributed by atoms with Crippen molar-refractivity contribution in [2.75, 3.05) is 39.8 Å². The number of amides is 2. The molecule has 0 aromatic rings. The van der Waals surface area contributed by atoms with Crippen molar-refractivity contribution in [1.29, 1.82) is 0 Å². The number of hydrogen-bond donors (Lipinski definition) is 0. The normalized spacial score (nSPS) is 25.8. The molecule has 5 nitrogen and oxygen atoms in total. The SMILES string of the molecule is CCCCN(C)C(=O)[C@H]1CCCN(C2CCN(C(=O)C3CC3)CC2)C1. The van der Waals surface area contributed by atoms with E-state index >= 15 is 0 Å². The summed E-state index contributed by atoms with van der Waals surface area (Å²) in [6, 6.07) is 0.555. The molecule has 2 heterocycles. The number of likely N-dealkylation sites (tertiary alicyclic amines) is 2. The lowest BCUT2D eigenvalue weighted by atomic mass is 9.92. The van der Waals surface area contributed by atoms with Crippen LogP contribution in [0.25, 0.3) is 0 Å². The first-order valence-corrected chi connectivity index (χ1v) is 10.4. The zero-order chi connectivity index (χ0) is 17.8. The van der Waals surface area contributed by atoms with Gasteiger partial charge in [0, 0.05) is 45.2 Å². The first kappa shape index (κ1) is 18.7. The minimum Gasteiger partial charge on any atom is -0.345 e. The van der Waals surface area contributed by atoms with E-state index in [1.165, 1.54) is 0 Å². The highest BCUT2D eigenvalue weighted by atomic mass is 16.2. The second-order valence-corrected chi connectivity index (χ2v) is 8.28. The fraction of sp³-hybridized carbons (Fsp3) is 0.900. The van der Waals surface area contributed by atoms with Crippen LogP contribution in [0.2, 0.25) is 0 Å². The van der Waals surface area contributed by atoms with Gasteiger partial charge in [0.05, 0.1) is 5.92 Å². The number of hydrogen-bond acceptors (Lipinski definition) is 3. The summed E-state index contributed by atoms with van der Waals surface area (Å²) in [4.78, 5) is 31.5. The lowest BCUT2D eigenvalue weighted by Gasteiger charge is -2.42. The highest BCUT2D eigenvalue weighted by molar-refractivity contribution is 5.81. The van der Waals surface area contributed by atoms with Crippen LogP contribution in [0.1, 0.15) is 58.3 Å². The smallest absolute Gasteiger partial charge is 0.226 e. The van der Waals surface area contributed by atoms with Crippen LogP contribution in [0, 0.1) is 11.8 Å². The van der Waals surface area contributed by atoms with Crippen LogP contribution in [0.4, 0.5) is 0 Å². The molecule has 1 aliphatic carbocycles. The minimum absolute atomic E-state index is 0.168. The van der Waals surface area contributed by atoms with Gasteiger partial charge in [0.15, 0.2) is 0 Å². The van der Waals surface area contributed by atoms with Crippen molar-refractivity contribution in [3.63, 3.8) is 0 Å². The van der Waals surface area contributed by atoms with Gasteiger partial charge in [-0.25, -0.2) is 0 Å². The van der Waals surface area contributed by atoms with Crippen molar-refractivity contribution < 1.29 is 9.59 Å². The molecule has 25 heavy (non-hydrogen) atoms. The van der Waals surface area contributed by atoms with E-state index < -0.39 is 0 Å². The maximum Gasteiger partial charge on any atom is 0.226 e. The van der Waals surface area contributed by atoms with Crippen LogP contribution in [0.15, 0.2) is 0 Å². The third kappa shape index (κ3) is 4.75. The summed E-state index contributed by atoms with van der Waals surface area (Å²) in [5.41, 5.74) is 0.